The van der Waals surface area contributed by atoms with Gasteiger partial charge in [-0.1, -0.05) is 53.2 Å². The number of ether oxygens (including phenoxy) is 2. The average Bonchev–Trinajstić information content (AvgIpc) is 3.68. The first-order valence-electron chi connectivity index (χ1n) is 22.1. The van der Waals surface area contributed by atoms with Crippen LogP contribution >= 0.6 is 0 Å². The molecule has 0 amide bonds. The van der Waals surface area contributed by atoms with E-state index < -0.39 is 0 Å². The van der Waals surface area contributed by atoms with Gasteiger partial charge in [-0.05, 0) is 172 Å². The third-order valence-corrected chi connectivity index (χ3v) is 19.7. The minimum absolute atomic E-state index is 0.0124. The molecule has 7 saturated carbocycles. The molecule has 0 bridgehead atoms. The minimum Gasteiger partial charge on any atom is -0.393 e. The molecule has 0 radical (unpaired) electrons. The summed E-state index contributed by atoms with van der Waals surface area (Å²) in [5.41, 5.74) is 2.76. The van der Waals surface area contributed by atoms with Crippen LogP contribution in [-0.2, 0) is 14.3 Å². The number of ketones is 1. The van der Waals surface area contributed by atoms with E-state index in [1.165, 1.54) is 64.2 Å². The van der Waals surface area contributed by atoms with Gasteiger partial charge in [0.05, 0.1) is 24.9 Å². The van der Waals surface area contributed by atoms with Gasteiger partial charge in [0.25, 0.3) is 0 Å². The minimum atomic E-state index is -0.294. The van der Waals surface area contributed by atoms with Crippen molar-refractivity contribution in [3.8, 4) is 0 Å². The maximum absolute atomic E-state index is 12.4. The predicted octanol–water partition coefficient (Wildman–Crippen LogP) is 9.67. The Kier molecular flexibility index (Phi) is 8.72. The molecule has 2 N–H and O–H groups in total. The maximum atomic E-state index is 12.4. The zero-order valence-electron chi connectivity index (χ0n) is 33.1. The molecule has 10 unspecified atom stereocenters. The van der Waals surface area contributed by atoms with Crippen LogP contribution in [0.5, 0.6) is 0 Å². The number of allylic oxidation sites excluding steroid dienone is 1. The number of aliphatic hydroxyl groups is 2. The van der Waals surface area contributed by atoms with Gasteiger partial charge in [0, 0.05) is 24.2 Å². The highest BCUT2D eigenvalue weighted by atomic mass is 16.7. The quantitative estimate of drug-likeness (QED) is 0.246. The largest absolute Gasteiger partial charge is 0.393 e. The number of aliphatic hydroxyl groups excluding tert-OH is 2. The lowest BCUT2D eigenvalue weighted by atomic mass is 9.45. The zero-order valence-corrected chi connectivity index (χ0v) is 33.1. The lowest BCUT2D eigenvalue weighted by Crippen LogP contribution is -2.54. The van der Waals surface area contributed by atoms with E-state index in [-0.39, 0.29) is 23.4 Å². The van der Waals surface area contributed by atoms with Crippen LogP contribution in [-0.4, -0.2) is 46.7 Å². The molecule has 0 aromatic heterocycles. The second-order valence-electron chi connectivity index (χ2n) is 21.7. The molecule has 8 aliphatic carbocycles. The fraction of sp³-hybridized carbons (Fsp3) is 0.935. The fourth-order valence-corrected chi connectivity index (χ4v) is 16.7. The summed E-state index contributed by atoms with van der Waals surface area (Å²) >= 11 is 0. The Morgan fingerprint density at radius 2 is 1.43 bits per heavy atom. The molecular weight excluding hydrogens is 633 g/mol. The van der Waals surface area contributed by atoms with Crippen molar-refractivity contribution < 1.29 is 24.5 Å². The number of hydrogen-bond acceptors (Lipinski definition) is 5. The Hall–Kier alpha value is -0.750. The van der Waals surface area contributed by atoms with Crippen LogP contribution in [0.1, 0.15) is 157 Å². The second-order valence-corrected chi connectivity index (χ2v) is 21.7. The standard InChI is InChI=1S/C27H42O3.C19H30O2/c1-16-7-12-27(29-15-16)17(2)24-23(30-27)14-22-20-6-5-18-13-19(28)8-10-25(18,3)21(20)9-11-26(22,24)4;1-18-9-7-13(20)11-12(18)3-4-14-15-5-6-17(21)19(15,2)10-8-16(14)18/h5,16-17,19-24,28H,6-15H2,1-4H3;12-16,20H,3-11H2,1-2H3/t16?,17-,19-,20?,21?,22?,23?,24?,25-,26-,27?;12-,13-,14?,15?,16?,18-,19-/m00/s1. The topological polar surface area (TPSA) is 76.0 Å². The fourth-order valence-electron chi connectivity index (χ4n) is 16.7. The monoisotopic (exact) mass is 705 g/mol. The van der Waals surface area contributed by atoms with Crippen LogP contribution in [0.2, 0.25) is 0 Å². The van der Waals surface area contributed by atoms with E-state index in [4.69, 9.17) is 9.47 Å². The number of hydrogen-bond donors (Lipinski definition) is 2. The summed E-state index contributed by atoms with van der Waals surface area (Å²) in [5, 5.41) is 20.3. The van der Waals surface area contributed by atoms with Crippen LogP contribution in [0.25, 0.3) is 0 Å². The average molecular weight is 705 g/mol. The SMILES string of the molecule is CC1CCC2(OC1)OC1CC3C4CC=C5C[C@@H](O)CC[C@]5(C)C4CC[C@]3(C)C1[C@@H]2C.C[C@]12CCC3C(CC[C@H]4C[C@@H](O)CC[C@]34C)C1CCC2=O. The van der Waals surface area contributed by atoms with Crippen molar-refractivity contribution in [2.24, 2.45) is 80.8 Å². The molecule has 9 fully saturated rings. The molecule has 5 heteroatoms. The molecule has 2 aliphatic heterocycles. The summed E-state index contributed by atoms with van der Waals surface area (Å²) in [5.74, 6) is 7.47. The van der Waals surface area contributed by atoms with Crippen LogP contribution in [0.15, 0.2) is 11.6 Å². The number of fused-ring (bicyclic) bond motifs is 12. The van der Waals surface area contributed by atoms with E-state index in [9.17, 15) is 15.0 Å². The molecule has 10 aliphatic rings. The van der Waals surface area contributed by atoms with Crippen LogP contribution in [0.4, 0.5) is 0 Å². The zero-order chi connectivity index (χ0) is 35.7. The van der Waals surface area contributed by atoms with Crippen molar-refractivity contribution >= 4 is 5.78 Å². The highest BCUT2D eigenvalue weighted by molar-refractivity contribution is 5.87. The number of rotatable bonds is 0. The first-order chi connectivity index (χ1) is 24.2. The maximum Gasteiger partial charge on any atom is 0.171 e. The molecule has 10 rings (SSSR count). The molecule has 2 heterocycles. The van der Waals surface area contributed by atoms with Crippen molar-refractivity contribution in [3.05, 3.63) is 11.6 Å². The van der Waals surface area contributed by atoms with Gasteiger partial charge in [-0.25, -0.2) is 0 Å². The van der Waals surface area contributed by atoms with Gasteiger partial charge in [0.15, 0.2) is 5.79 Å². The first kappa shape index (κ1) is 35.9. The summed E-state index contributed by atoms with van der Waals surface area (Å²) < 4.78 is 13.3. The summed E-state index contributed by atoms with van der Waals surface area (Å²) in [4.78, 5) is 12.4. The van der Waals surface area contributed by atoms with E-state index in [2.05, 4.69) is 47.6 Å². The van der Waals surface area contributed by atoms with Gasteiger partial charge in [0.2, 0.25) is 0 Å². The third-order valence-electron chi connectivity index (χ3n) is 19.7. The Morgan fingerprint density at radius 3 is 2.22 bits per heavy atom. The number of carbonyl (C=O) groups is 1. The van der Waals surface area contributed by atoms with Gasteiger partial charge < -0.3 is 19.7 Å². The molecule has 18 atom stereocenters. The van der Waals surface area contributed by atoms with Crippen LogP contribution in [0, 0.1) is 80.8 Å². The molecule has 2 saturated heterocycles. The molecular formula is C46H72O5. The van der Waals surface area contributed by atoms with E-state index in [1.54, 1.807) is 5.57 Å². The van der Waals surface area contributed by atoms with Crippen molar-refractivity contribution in [2.75, 3.05) is 6.61 Å². The van der Waals surface area contributed by atoms with Crippen LogP contribution in [0.3, 0.4) is 0 Å². The number of Topliss-reactive ketones (excluding diaryl/α,β-unsaturated/α-hetero) is 1. The smallest absolute Gasteiger partial charge is 0.171 e. The Morgan fingerprint density at radius 1 is 0.706 bits per heavy atom. The number of carbonyl (C=O) groups excluding carboxylic acids is 1. The van der Waals surface area contributed by atoms with Gasteiger partial charge in [-0.2, -0.15) is 0 Å². The molecule has 51 heavy (non-hydrogen) atoms. The van der Waals surface area contributed by atoms with E-state index in [1.807, 2.05) is 0 Å². The second kappa shape index (κ2) is 12.4. The molecule has 5 nitrogen and oxygen atoms in total. The van der Waals surface area contributed by atoms with Crippen molar-refractivity contribution in [3.63, 3.8) is 0 Å². The molecule has 1 spiro atoms. The van der Waals surface area contributed by atoms with Gasteiger partial charge >= 0.3 is 0 Å². The summed E-state index contributed by atoms with van der Waals surface area (Å²) in [6.07, 6.45) is 23.6. The van der Waals surface area contributed by atoms with Crippen molar-refractivity contribution in [2.45, 2.75) is 181 Å². The van der Waals surface area contributed by atoms with Gasteiger partial charge in [0.1, 0.15) is 5.78 Å². The predicted molar refractivity (Wildman–Crippen MR) is 200 cm³/mol. The highest BCUT2D eigenvalue weighted by Crippen LogP contribution is 2.71. The molecule has 0 aromatic carbocycles. The summed E-state index contributed by atoms with van der Waals surface area (Å²) in [7, 11) is 0. The van der Waals surface area contributed by atoms with E-state index in [0.717, 1.165) is 93.5 Å². The van der Waals surface area contributed by atoms with Gasteiger partial charge in [-0.15, -0.1) is 0 Å². The Balaban J connectivity index is 0.000000146. The van der Waals surface area contributed by atoms with Crippen molar-refractivity contribution in [1.29, 1.82) is 0 Å². The lowest BCUT2D eigenvalue weighted by molar-refractivity contribution is -0.272. The summed E-state index contributed by atoms with van der Waals surface area (Å²) in [6.45, 7) is 15.6. The summed E-state index contributed by atoms with van der Waals surface area (Å²) in [6, 6.07) is 0. The van der Waals surface area contributed by atoms with Gasteiger partial charge in [-0.3, -0.25) is 4.79 Å². The lowest BCUT2D eigenvalue weighted by Gasteiger charge is -2.60. The molecule has 0 aromatic rings. The Labute approximate surface area is 309 Å². The van der Waals surface area contributed by atoms with E-state index in [0.29, 0.717) is 51.8 Å². The van der Waals surface area contributed by atoms with E-state index >= 15 is 0 Å². The Bertz CT molecular complexity index is 1400. The van der Waals surface area contributed by atoms with Crippen molar-refractivity contribution in [1.82, 2.24) is 0 Å². The molecule has 286 valence electrons. The third kappa shape index (κ3) is 5.21. The first-order valence-corrected chi connectivity index (χ1v) is 22.1. The highest BCUT2D eigenvalue weighted by Gasteiger charge is 2.69. The van der Waals surface area contributed by atoms with Crippen LogP contribution < -0.4 is 0 Å². The normalized spacial score (nSPS) is 58.5.